The lowest BCUT2D eigenvalue weighted by molar-refractivity contribution is -0.673. The van der Waals surface area contributed by atoms with Gasteiger partial charge >= 0.3 is 5.51 Å². The highest BCUT2D eigenvalue weighted by Crippen LogP contribution is 2.20. The average Bonchev–Trinajstić information content (AvgIpc) is 2.45. The third-order valence-electron chi connectivity index (χ3n) is 3.35. The molecular formula is C15H19F3N2O3S. The van der Waals surface area contributed by atoms with E-state index < -0.39 is 15.6 Å². The number of benzene rings is 1. The predicted molar refractivity (Wildman–Crippen MR) is 84.6 cm³/mol. The van der Waals surface area contributed by atoms with E-state index in [1.54, 1.807) is 0 Å². The number of fused-ring (bicyclic) bond motifs is 1. The van der Waals surface area contributed by atoms with E-state index in [0.29, 0.717) is 0 Å². The minimum absolute atomic E-state index is 1.02. The van der Waals surface area contributed by atoms with Crippen molar-refractivity contribution >= 4 is 26.7 Å². The summed E-state index contributed by atoms with van der Waals surface area (Å²) in [4.78, 5) is 2.13. The van der Waals surface area contributed by atoms with Gasteiger partial charge in [0.25, 0.3) is 0 Å². The summed E-state index contributed by atoms with van der Waals surface area (Å²) in [5.41, 5.74) is -1.77. The van der Waals surface area contributed by atoms with Gasteiger partial charge < -0.3 is 9.45 Å². The number of aryl methyl sites for hydroxylation is 2. The Morgan fingerprint density at radius 3 is 2.12 bits per heavy atom. The van der Waals surface area contributed by atoms with Crippen LogP contribution in [0.3, 0.4) is 0 Å². The van der Waals surface area contributed by atoms with E-state index in [1.807, 2.05) is 0 Å². The maximum Gasteiger partial charge on any atom is 0.485 e. The summed E-state index contributed by atoms with van der Waals surface area (Å²) in [6.45, 7) is 5.36. The number of anilines is 1. The molecule has 0 atom stereocenters. The Balaban J connectivity index is 0.000000307. The maximum atomic E-state index is 10.7. The van der Waals surface area contributed by atoms with Crippen LogP contribution in [0.15, 0.2) is 30.3 Å². The second kappa shape index (κ2) is 7.35. The molecule has 0 bridgehead atoms. The number of aromatic nitrogens is 1. The van der Waals surface area contributed by atoms with Crippen LogP contribution in [0.5, 0.6) is 0 Å². The minimum Gasteiger partial charge on any atom is -0.741 e. The molecule has 1 aromatic carbocycles. The zero-order valence-corrected chi connectivity index (χ0v) is 14.6. The van der Waals surface area contributed by atoms with Gasteiger partial charge in [-0.05, 0) is 25.1 Å². The van der Waals surface area contributed by atoms with E-state index in [1.165, 1.54) is 22.3 Å². The summed E-state index contributed by atoms with van der Waals surface area (Å²) in [6.07, 6.45) is 0. The quantitative estimate of drug-likeness (QED) is 0.467. The first-order valence-electron chi connectivity index (χ1n) is 7.01. The fraction of sp³-hybridized carbons (Fsp3) is 0.400. The number of alkyl halides is 3. The van der Waals surface area contributed by atoms with E-state index in [4.69, 9.17) is 13.0 Å². The van der Waals surface area contributed by atoms with Crippen LogP contribution in [-0.2, 0) is 16.7 Å². The Kier molecular flexibility index (Phi) is 6.18. The molecule has 0 unspecified atom stereocenters. The van der Waals surface area contributed by atoms with Crippen molar-refractivity contribution in [2.75, 3.05) is 19.0 Å². The van der Waals surface area contributed by atoms with Gasteiger partial charge in [-0.2, -0.15) is 17.7 Å². The molecule has 9 heteroatoms. The van der Waals surface area contributed by atoms with Gasteiger partial charge in [0.2, 0.25) is 5.52 Å². The molecular weight excluding hydrogens is 345 g/mol. The predicted octanol–water partition coefficient (Wildman–Crippen LogP) is 2.57. The summed E-state index contributed by atoms with van der Waals surface area (Å²) in [7, 11) is -1.94. The number of hydrogen-bond donors (Lipinski definition) is 0. The molecule has 0 spiro atoms. The number of rotatable bonds is 2. The molecule has 0 fully saturated rings. The molecule has 134 valence electrons. The Bertz CT molecular complexity index is 819. The van der Waals surface area contributed by atoms with E-state index >= 15 is 0 Å². The highest BCUT2D eigenvalue weighted by atomic mass is 32.2. The van der Waals surface area contributed by atoms with Crippen LogP contribution < -0.4 is 9.47 Å². The Labute approximate surface area is 139 Å². The van der Waals surface area contributed by atoms with Gasteiger partial charge in [-0.3, -0.25) is 0 Å². The number of nitrogens with zero attached hydrogens (tertiary/aromatic N) is 2. The molecule has 5 nitrogen and oxygen atoms in total. The normalized spacial score (nSPS) is 11.8. The van der Waals surface area contributed by atoms with Crippen molar-refractivity contribution in [2.45, 2.75) is 25.9 Å². The van der Waals surface area contributed by atoms with Crippen LogP contribution in [0.1, 0.15) is 12.6 Å². The van der Waals surface area contributed by atoms with Crippen molar-refractivity contribution < 1.29 is 30.7 Å². The first-order chi connectivity index (χ1) is 10.9. The molecule has 0 radical (unpaired) electrons. The number of halogens is 3. The average molecular weight is 364 g/mol. The highest BCUT2D eigenvalue weighted by Gasteiger charge is 2.36. The topological polar surface area (TPSA) is 64.3 Å². The molecule has 2 rings (SSSR count). The lowest BCUT2D eigenvalue weighted by Crippen LogP contribution is -2.36. The molecule has 0 aliphatic rings. The van der Waals surface area contributed by atoms with Crippen molar-refractivity contribution in [1.82, 2.24) is 0 Å². The maximum absolute atomic E-state index is 10.7. The summed E-state index contributed by atoms with van der Waals surface area (Å²) >= 11 is 0. The van der Waals surface area contributed by atoms with Crippen molar-refractivity contribution in [3.05, 3.63) is 36.0 Å². The second-order valence-electron chi connectivity index (χ2n) is 5.26. The van der Waals surface area contributed by atoms with Gasteiger partial charge in [0.1, 0.15) is 6.54 Å². The van der Waals surface area contributed by atoms with Crippen LogP contribution in [0.2, 0.25) is 0 Å². The van der Waals surface area contributed by atoms with Crippen LogP contribution in [0, 0.1) is 6.92 Å². The Morgan fingerprint density at radius 1 is 1.17 bits per heavy atom. The van der Waals surface area contributed by atoms with Crippen molar-refractivity contribution in [1.29, 1.82) is 0 Å². The molecule has 0 amide bonds. The molecule has 1 aromatic heterocycles. The fourth-order valence-electron chi connectivity index (χ4n) is 2.11. The summed E-state index contributed by atoms with van der Waals surface area (Å²) in [6, 6.07) is 11.0. The lowest BCUT2D eigenvalue weighted by atomic mass is 10.1. The molecule has 2 aromatic rings. The smallest absolute Gasteiger partial charge is 0.485 e. The van der Waals surface area contributed by atoms with Gasteiger partial charge in [-0.25, -0.2) is 8.42 Å². The zero-order chi connectivity index (χ0) is 18.7. The first-order valence-corrected chi connectivity index (χ1v) is 8.42. The molecule has 0 aliphatic carbocycles. The van der Waals surface area contributed by atoms with Gasteiger partial charge in [-0.15, -0.1) is 0 Å². The number of pyridine rings is 1. The van der Waals surface area contributed by atoms with Crippen molar-refractivity contribution in [3.8, 4) is 0 Å². The lowest BCUT2D eigenvalue weighted by Gasteiger charge is -2.12. The van der Waals surface area contributed by atoms with Crippen LogP contribution in [-0.4, -0.2) is 32.6 Å². The van der Waals surface area contributed by atoms with Gasteiger partial charge in [0, 0.05) is 44.2 Å². The Hall–Kier alpha value is -1.87. The van der Waals surface area contributed by atoms with Crippen molar-refractivity contribution in [2.24, 2.45) is 0 Å². The largest absolute Gasteiger partial charge is 0.741 e. The molecule has 0 N–H and O–H groups in total. The SMILES string of the molecule is CC[n+]1c(C)ccc2cc(N(C)C)ccc21.O=S(=O)([O-])C(F)(F)F. The third kappa shape index (κ3) is 4.81. The van der Waals surface area contributed by atoms with Gasteiger partial charge in [0.05, 0.1) is 0 Å². The first kappa shape index (κ1) is 20.2. The minimum atomic E-state index is -6.09. The van der Waals surface area contributed by atoms with E-state index in [2.05, 4.69) is 67.7 Å². The summed E-state index contributed by atoms with van der Waals surface area (Å²) in [5, 5.41) is 1.30. The monoisotopic (exact) mass is 364 g/mol. The highest BCUT2D eigenvalue weighted by molar-refractivity contribution is 7.86. The van der Waals surface area contributed by atoms with E-state index in [9.17, 15) is 13.2 Å². The van der Waals surface area contributed by atoms with Gasteiger partial charge in [0.15, 0.2) is 15.8 Å². The standard InChI is InChI=1S/C14H19N2.CHF3O3S/c1-5-16-11(2)6-7-12-10-13(15(3)4)8-9-14(12)16;2-1(3,4)8(5,6)7/h6-10H,5H2,1-4H3;(H,5,6,7)/q+1;/p-1. The Morgan fingerprint density at radius 2 is 1.71 bits per heavy atom. The molecule has 24 heavy (non-hydrogen) atoms. The van der Waals surface area contributed by atoms with E-state index in [0.717, 1.165) is 6.54 Å². The van der Waals surface area contributed by atoms with Crippen LogP contribution in [0.25, 0.3) is 10.9 Å². The summed E-state index contributed by atoms with van der Waals surface area (Å²) in [5.74, 6) is 0. The fourth-order valence-corrected chi connectivity index (χ4v) is 2.11. The second-order valence-corrected chi connectivity index (χ2v) is 6.63. The van der Waals surface area contributed by atoms with E-state index in [-0.39, 0.29) is 0 Å². The number of hydrogen-bond acceptors (Lipinski definition) is 4. The summed E-state index contributed by atoms with van der Waals surface area (Å²) < 4.78 is 61.2. The molecule has 0 saturated carbocycles. The molecule has 0 saturated heterocycles. The van der Waals surface area contributed by atoms with Crippen LogP contribution >= 0.6 is 0 Å². The third-order valence-corrected chi connectivity index (χ3v) is 3.91. The van der Waals surface area contributed by atoms with Gasteiger partial charge in [-0.1, -0.05) is 0 Å². The zero-order valence-electron chi connectivity index (χ0n) is 13.8. The van der Waals surface area contributed by atoms with Crippen LogP contribution in [0.4, 0.5) is 18.9 Å². The van der Waals surface area contributed by atoms with Crippen molar-refractivity contribution in [3.63, 3.8) is 0 Å². The molecule has 1 heterocycles. The molecule has 0 aliphatic heterocycles.